The van der Waals surface area contributed by atoms with Crippen LogP contribution in [-0.4, -0.2) is 29.3 Å². The van der Waals surface area contributed by atoms with E-state index in [9.17, 15) is 5.11 Å². The van der Waals surface area contributed by atoms with Crippen molar-refractivity contribution < 1.29 is 9.84 Å². The SMILES string of the molecule is Cc1ccncc1CNCC(O)COc1cccc(Br)c1. The van der Waals surface area contributed by atoms with Gasteiger partial charge in [0.25, 0.3) is 0 Å². The van der Waals surface area contributed by atoms with Crippen LogP contribution in [0.15, 0.2) is 47.2 Å². The van der Waals surface area contributed by atoms with Crippen LogP contribution in [0.5, 0.6) is 5.75 Å². The van der Waals surface area contributed by atoms with Crippen molar-refractivity contribution >= 4 is 15.9 Å². The zero-order valence-corrected chi connectivity index (χ0v) is 13.5. The Morgan fingerprint density at radius 1 is 1.38 bits per heavy atom. The van der Waals surface area contributed by atoms with E-state index in [2.05, 4.69) is 26.2 Å². The molecule has 1 aromatic carbocycles. The number of hydrogen-bond acceptors (Lipinski definition) is 4. The van der Waals surface area contributed by atoms with E-state index in [-0.39, 0.29) is 6.61 Å². The Kier molecular flexibility index (Phi) is 6.17. The van der Waals surface area contributed by atoms with Gasteiger partial charge in [-0.2, -0.15) is 0 Å². The number of aliphatic hydroxyl groups is 1. The molecule has 1 unspecified atom stereocenters. The van der Waals surface area contributed by atoms with Crippen LogP contribution in [0.1, 0.15) is 11.1 Å². The molecule has 0 spiro atoms. The molecule has 0 amide bonds. The zero-order chi connectivity index (χ0) is 15.1. The highest BCUT2D eigenvalue weighted by Gasteiger charge is 2.06. The summed E-state index contributed by atoms with van der Waals surface area (Å²) in [4.78, 5) is 4.10. The van der Waals surface area contributed by atoms with E-state index in [0.717, 1.165) is 15.8 Å². The van der Waals surface area contributed by atoms with Crippen molar-refractivity contribution in [3.05, 3.63) is 58.3 Å². The number of halogens is 1. The summed E-state index contributed by atoms with van der Waals surface area (Å²) < 4.78 is 6.50. The molecule has 0 aliphatic heterocycles. The van der Waals surface area contributed by atoms with Crippen LogP contribution < -0.4 is 10.1 Å². The molecule has 1 heterocycles. The van der Waals surface area contributed by atoms with Gasteiger partial charge in [0.05, 0.1) is 0 Å². The van der Waals surface area contributed by atoms with Crippen LogP contribution in [0.25, 0.3) is 0 Å². The molecule has 2 rings (SSSR count). The number of rotatable bonds is 7. The Balaban J connectivity index is 1.70. The highest BCUT2D eigenvalue weighted by molar-refractivity contribution is 9.10. The first kappa shape index (κ1) is 15.9. The zero-order valence-electron chi connectivity index (χ0n) is 11.9. The lowest BCUT2D eigenvalue weighted by molar-refractivity contribution is 0.106. The van der Waals surface area contributed by atoms with Crippen molar-refractivity contribution in [3.63, 3.8) is 0 Å². The molecule has 0 fully saturated rings. The van der Waals surface area contributed by atoms with Crippen LogP contribution in [-0.2, 0) is 6.54 Å². The number of pyridine rings is 1. The van der Waals surface area contributed by atoms with Gasteiger partial charge < -0.3 is 15.2 Å². The maximum absolute atomic E-state index is 9.91. The third-order valence-corrected chi connectivity index (χ3v) is 3.57. The fourth-order valence-electron chi connectivity index (χ4n) is 1.86. The summed E-state index contributed by atoms with van der Waals surface area (Å²) in [5.74, 6) is 0.742. The minimum atomic E-state index is -0.555. The fourth-order valence-corrected chi connectivity index (χ4v) is 2.24. The van der Waals surface area contributed by atoms with Crippen molar-refractivity contribution in [2.45, 2.75) is 19.6 Å². The number of nitrogens with zero attached hydrogens (tertiary/aromatic N) is 1. The smallest absolute Gasteiger partial charge is 0.120 e. The molecule has 2 N–H and O–H groups in total. The normalized spacial score (nSPS) is 12.1. The first-order valence-corrected chi connectivity index (χ1v) is 7.61. The average molecular weight is 351 g/mol. The topological polar surface area (TPSA) is 54.4 Å². The molecule has 0 bridgehead atoms. The monoisotopic (exact) mass is 350 g/mol. The van der Waals surface area contributed by atoms with Gasteiger partial charge in [0.15, 0.2) is 0 Å². The number of ether oxygens (including phenoxy) is 1. The van der Waals surface area contributed by atoms with Gasteiger partial charge in [-0.15, -0.1) is 0 Å². The minimum absolute atomic E-state index is 0.259. The fraction of sp³-hybridized carbons (Fsp3) is 0.312. The maximum Gasteiger partial charge on any atom is 0.120 e. The van der Waals surface area contributed by atoms with Gasteiger partial charge in [0.1, 0.15) is 18.5 Å². The highest BCUT2D eigenvalue weighted by atomic mass is 79.9. The summed E-state index contributed by atoms with van der Waals surface area (Å²) in [6.45, 7) is 3.47. The van der Waals surface area contributed by atoms with Crippen molar-refractivity contribution in [1.82, 2.24) is 10.3 Å². The summed E-state index contributed by atoms with van der Waals surface area (Å²) in [6, 6.07) is 9.54. The van der Waals surface area contributed by atoms with Crippen LogP contribution in [0.4, 0.5) is 0 Å². The van der Waals surface area contributed by atoms with Gasteiger partial charge >= 0.3 is 0 Å². The van der Waals surface area contributed by atoms with E-state index >= 15 is 0 Å². The van der Waals surface area contributed by atoms with Crippen LogP contribution >= 0.6 is 15.9 Å². The Hall–Kier alpha value is -1.43. The van der Waals surface area contributed by atoms with Crippen LogP contribution in [0, 0.1) is 6.92 Å². The van der Waals surface area contributed by atoms with Crippen molar-refractivity contribution in [2.75, 3.05) is 13.2 Å². The molecule has 2 aromatic rings. The Morgan fingerprint density at radius 3 is 3.00 bits per heavy atom. The molecule has 5 heteroatoms. The lowest BCUT2D eigenvalue weighted by atomic mass is 10.1. The average Bonchev–Trinajstić information content (AvgIpc) is 2.47. The van der Waals surface area contributed by atoms with Gasteiger partial charge in [-0.1, -0.05) is 22.0 Å². The first-order valence-electron chi connectivity index (χ1n) is 6.82. The molecule has 1 atom stereocenters. The third-order valence-electron chi connectivity index (χ3n) is 3.08. The second-order valence-corrected chi connectivity index (χ2v) is 5.77. The standard InChI is InChI=1S/C16H19BrN2O2/c1-12-5-6-18-8-13(12)9-19-10-15(20)11-21-16-4-2-3-14(17)7-16/h2-8,15,19-20H,9-11H2,1H3. The van der Waals surface area contributed by atoms with E-state index < -0.39 is 6.10 Å². The van der Waals surface area contributed by atoms with E-state index in [4.69, 9.17) is 4.74 Å². The quantitative estimate of drug-likeness (QED) is 0.805. The first-order chi connectivity index (χ1) is 10.1. The molecule has 0 radical (unpaired) electrons. The summed E-state index contributed by atoms with van der Waals surface area (Å²) in [5.41, 5.74) is 2.33. The number of aromatic nitrogens is 1. The van der Waals surface area contributed by atoms with Gasteiger partial charge in [0, 0.05) is 30.0 Å². The Labute approximate surface area is 133 Å². The molecule has 1 aromatic heterocycles. The highest BCUT2D eigenvalue weighted by Crippen LogP contribution is 2.17. The third kappa shape index (κ3) is 5.46. The predicted molar refractivity (Wildman–Crippen MR) is 86.3 cm³/mol. The Bertz CT molecular complexity index is 578. The molecule has 4 nitrogen and oxygen atoms in total. The second-order valence-electron chi connectivity index (χ2n) is 4.86. The molecule has 0 aliphatic rings. The molecule has 0 saturated heterocycles. The summed E-state index contributed by atoms with van der Waals surface area (Å²) in [6.07, 6.45) is 3.06. The van der Waals surface area contributed by atoms with Crippen molar-refractivity contribution in [2.24, 2.45) is 0 Å². The van der Waals surface area contributed by atoms with Gasteiger partial charge in [-0.25, -0.2) is 0 Å². The molecular formula is C16H19BrN2O2. The van der Waals surface area contributed by atoms with Crippen molar-refractivity contribution in [1.29, 1.82) is 0 Å². The van der Waals surface area contributed by atoms with Gasteiger partial charge in [-0.3, -0.25) is 4.98 Å². The molecule has 21 heavy (non-hydrogen) atoms. The molecule has 112 valence electrons. The van der Waals surface area contributed by atoms with Gasteiger partial charge in [-0.05, 0) is 42.3 Å². The number of aliphatic hydroxyl groups excluding tert-OH is 1. The number of aryl methyl sites for hydroxylation is 1. The molecule has 0 saturated carbocycles. The lowest BCUT2D eigenvalue weighted by Crippen LogP contribution is -2.31. The van der Waals surface area contributed by atoms with Crippen LogP contribution in [0.3, 0.4) is 0 Å². The van der Waals surface area contributed by atoms with E-state index in [1.54, 1.807) is 6.20 Å². The number of hydrogen-bond donors (Lipinski definition) is 2. The molecular weight excluding hydrogens is 332 g/mol. The summed E-state index contributed by atoms with van der Waals surface area (Å²) >= 11 is 3.38. The van der Waals surface area contributed by atoms with Crippen molar-refractivity contribution in [3.8, 4) is 5.75 Å². The maximum atomic E-state index is 9.91. The minimum Gasteiger partial charge on any atom is -0.491 e. The van der Waals surface area contributed by atoms with E-state index in [1.165, 1.54) is 5.56 Å². The predicted octanol–water partition coefficient (Wildman–Crippen LogP) is 2.68. The summed E-state index contributed by atoms with van der Waals surface area (Å²) in [5, 5.41) is 13.1. The van der Waals surface area contributed by atoms with E-state index in [0.29, 0.717) is 13.1 Å². The second kappa shape index (κ2) is 8.12. The van der Waals surface area contributed by atoms with Crippen LogP contribution in [0.2, 0.25) is 0 Å². The van der Waals surface area contributed by atoms with E-state index in [1.807, 2.05) is 43.5 Å². The lowest BCUT2D eigenvalue weighted by Gasteiger charge is -2.14. The number of benzene rings is 1. The Morgan fingerprint density at radius 2 is 2.24 bits per heavy atom. The largest absolute Gasteiger partial charge is 0.491 e. The summed E-state index contributed by atoms with van der Waals surface area (Å²) in [7, 11) is 0. The molecule has 0 aliphatic carbocycles. The number of nitrogens with one attached hydrogen (secondary N) is 1. The van der Waals surface area contributed by atoms with Gasteiger partial charge in [0.2, 0.25) is 0 Å².